The van der Waals surface area contributed by atoms with E-state index in [-0.39, 0.29) is 22.8 Å². The van der Waals surface area contributed by atoms with Crippen LogP contribution in [0.1, 0.15) is 23.6 Å². The predicted octanol–water partition coefficient (Wildman–Crippen LogP) is 1.18. The number of aliphatic hydroxyl groups excluding tert-OH is 1. The van der Waals surface area contributed by atoms with E-state index in [1.165, 1.54) is 19.9 Å². The lowest BCUT2D eigenvalue weighted by Crippen LogP contribution is -2.35. The molecule has 1 aromatic carbocycles. The molecule has 0 aliphatic rings. The highest BCUT2D eigenvalue weighted by molar-refractivity contribution is 7.89. The van der Waals surface area contributed by atoms with Gasteiger partial charge < -0.3 is 5.11 Å². The first-order chi connectivity index (χ1) is 9.11. The number of sulfonamides is 1. The van der Waals surface area contributed by atoms with Crippen molar-refractivity contribution in [1.82, 2.24) is 4.72 Å². The lowest BCUT2D eigenvalue weighted by Gasteiger charge is -2.16. The normalized spacial score (nSPS) is 13.2. The zero-order valence-electron chi connectivity index (χ0n) is 11.8. The van der Waals surface area contributed by atoms with Crippen molar-refractivity contribution in [2.75, 3.05) is 6.61 Å². The summed E-state index contributed by atoms with van der Waals surface area (Å²) < 4.78 is 26.9. The average molecular weight is 302 g/mol. The second kappa shape index (κ2) is 5.86. The van der Waals surface area contributed by atoms with Gasteiger partial charge in [-0.25, -0.2) is 13.1 Å². The van der Waals surface area contributed by atoms with E-state index in [0.29, 0.717) is 11.1 Å². The molecule has 0 amide bonds. The molecule has 0 spiro atoms. The molecule has 1 unspecified atom stereocenters. The van der Waals surface area contributed by atoms with Crippen molar-refractivity contribution in [1.29, 1.82) is 0 Å². The van der Waals surface area contributed by atoms with Crippen LogP contribution in [-0.2, 0) is 10.0 Å². The topological polar surface area (TPSA) is 110 Å². The van der Waals surface area contributed by atoms with E-state index in [4.69, 9.17) is 5.11 Å². The van der Waals surface area contributed by atoms with Gasteiger partial charge in [-0.15, -0.1) is 0 Å². The maximum atomic E-state index is 12.3. The number of nitro benzene ring substituents is 1. The first-order valence-electron chi connectivity index (χ1n) is 6.00. The van der Waals surface area contributed by atoms with Gasteiger partial charge in [0.2, 0.25) is 10.0 Å². The Hall–Kier alpha value is -1.51. The van der Waals surface area contributed by atoms with E-state index in [2.05, 4.69) is 4.72 Å². The number of aryl methyl sites for hydroxylation is 2. The highest BCUT2D eigenvalue weighted by atomic mass is 32.2. The van der Waals surface area contributed by atoms with Gasteiger partial charge in [0.1, 0.15) is 0 Å². The molecule has 0 bridgehead atoms. The molecule has 7 nitrogen and oxygen atoms in total. The second-order valence-electron chi connectivity index (χ2n) is 4.78. The molecule has 0 aliphatic carbocycles. The molecule has 112 valence electrons. The first-order valence-corrected chi connectivity index (χ1v) is 7.48. The fourth-order valence-corrected chi connectivity index (χ4v) is 3.92. The zero-order valence-corrected chi connectivity index (χ0v) is 12.6. The van der Waals surface area contributed by atoms with Crippen LogP contribution in [0.4, 0.5) is 5.69 Å². The van der Waals surface area contributed by atoms with Crippen molar-refractivity contribution >= 4 is 15.7 Å². The summed E-state index contributed by atoms with van der Waals surface area (Å²) in [7, 11) is -3.92. The number of aliphatic hydroxyl groups is 1. The van der Waals surface area contributed by atoms with Gasteiger partial charge in [-0.3, -0.25) is 10.1 Å². The van der Waals surface area contributed by atoms with Gasteiger partial charge in [0.25, 0.3) is 5.69 Å². The molecular weight excluding hydrogens is 284 g/mol. The number of benzene rings is 1. The van der Waals surface area contributed by atoms with Crippen molar-refractivity contribution < 1.29 is 18.4 Å². The van der Waals surface area contributed by atoms with Crippen LogP contribution in [0.15, 0.2) is 11.0 Å². The van der Waals surface area contributed by atoms with Crippen LogP contribution in [0.5, 0.6) is 0 Å². The van der Waals surface area contributed by atoms with Gasteiger partial charge in [-0.1, -0.05) is 0 Å². The van der Waals surface area contributed by atoms with Gasteiger partial charge in [-0.05, 0) is 39.3 Å². The Kier molecular flexibility index (Phi) is 4.85. The van der Waals surface area contributed by atoms with Crippen LogP contribution >= 0.6 is 0 Å². The molecule has 0 saturated carbocycles. The SMILES string of the molecule is Cc1cc(C)c(S(=O)(=O)NC(C)CO)c(C)c1[N+](=O)[O-]. The van der Waals surface area contributed by atoms with Crippen molar-refractivity contribution in [3.63, 3.8) is 0 Å². The monoisotopic (exact) mass is 302 g/mol. The maximum Gasteiger partial charge on any atom is 0.276 e. The highest BCUT2D eigenvalue weighted by Crippen LogP contribution is 2.31. The molecule has 0 aromatic heterocycles. The largest absolute Gasteiger partial charge is 0.395 e. The summed E-state index contributed by atoms with van der Waals surface area (Å²) >= 11 is 0. The van der Waals surface area contributed by atoms with E-state index in [1.807, 2.05) is 0 Å². The maximum absolute atomic E-state index is 12.3. The smallest absolute Gasteiger partial charge is 0.276 e. The van der Waals surface area contributed by atoms with E-state index >= 15 is 0 Å². The van der Waals surface area contributed by atoms with E-state index < -0.39 is 21.0 Å². The van der Waals surface area contributed by atoms with Crippen molar-refractivity contribution in [2.24, 2.45) is 0 Å². The summed E-state index contributed by atoms with van der Waals surface area (Å²) in [6, 6.07) is 0.808. The van der Waals surface area contributed by atoms with Gasteiger partial charge in [0.15, 0.2) is 0 Å². The van der Waals surface area contributed by atoms with Gasteiger partial charge in [0, 0.05) is 17.2 Å². The Balaban J connectivity index is 3.53. The Bertz CT molecular complexity index is 640. The zero-order chi connectivity index (χ0) is 15.7. The Morgan fingerprint density at radius 3 is 2.35 bits per heavy atom. The van der Waals surface area contributed by atoms with Crippen LogP contribution in [0.3, 0.4) is 0 Å². The standard InChI is InChI=1S/C12H18N2O5S/c1-7-5-8(2)12(10(4)11(7)14(16)17)20(18,19)13-9(3)6-15/h5,9,13,15H,6H2,1-4H3. The minimum absolute atomic E-state index is 0.102. The summed E-state index contributed by atoms with van der Waals surface area (Å²) in [5, 5.41) is 20.0. The third kappa shape index (κ3) is 3.14. The van der Waals surface area contributed by atoms with Crippen LogP contribution < -0.4 is 4.72 Å². The highest BCUT2D eigenvalue weighted by Gasteiger charge is 2.28. The number of nitrogens with one attached hydrogen (secondary N) is 1. The Morgan fingerprint density at radius 2 is 1.90 bits per heavy atom. The van der Waals surface area contributed by atoms with Crippen molar-refractivity contribution in [3.05, 3.63) is 32.9 Å². The molecule has 0 fully saturated rings. The number of hydrogen-bond donors (Lipinski definition) is 2. The third-order valence-corrected chi connectivity index (χ3v) is 4.82. The Labute approximate surface area is 117 Å². The van der Waals surface area contributed by atoms with Crippen LogP contribution in [0.25, 0.3) is 0 Å². The molecule has 1 atom stereocenters. The molecule has 20 heavy (non-hydrogen) atoms. The molecule has 2 N–H and O–H groups in total. The number of nitrogens with zero attached hydrogens (tertiary/aromatic N) is 1. The summed E-state index contributed by atoms with van der Waals surface area (Å²) in [4.78, 5) is 10.4. The van der Waals surface area contributed by atoms with Crippen LogP contribution in [-0.4, -0.2) is 31.1 Å². The molecule has 0 heterocycles. The van der Waals surface area contributed by atoms with Gasteiger partial charge >= 0.3 is 0 Å². The number of hydrogen-bond acceptors (Lipinski definition) is 5. The van der Waals surface area contributed by atoms with Gasteiger partial charge in [-0.2, -0.15) is 0 Å². The Morgan fingerprint density at radius 1 is 1.35 bits per heavy atom. The number of nitro groups is 1. The summed E-state index contributed by atoms with van der Waals surface area (Å²) in [6.45, 7) is 5.71. The van der Waals surface area contributed by atoms with Gasteiger partial charge in [0.05, 0.1) is 16.4 Å². The lowest BCUT2D eigenvalue weighted by molar-refractivity contribution is -0.386. The lowest BCUT2D eigenvalue weighted by atomic mass is 10.1. The first kappa shape index (κ1) is 16.5. The summed E-state index contributed by atoms with van der Waals surface area (Å²) in [5.41, 5.74) is 0.750. The van der Waals surface area contributed by atoms with Crippen LogP contribution in [0.2, 0.25) is 0 Å². The van der Waals surface area contributed by atoms with E-state index in [0.717, 1.165) is 0 Å². The summed E-state index contributed by atoms with van der Waals surface area (Å²) in [5.74, 6) is 0. The van der Waals surface area contributed by atoms with Crippen LogP contribution in [0, 0.1) is 30.9 Å². The molecule has 8 heteroatoms. The average Bonchev–Trinajstić information content (AvgIpc) is 2.25. The molecule has 1 aromatic rings. The molecule has 0 radical (unpaired) electrons. The quantitative estimate of drug-likeness (QED) is 0.627. The van der Waals surface area contributed by atoms with Crippen molar-refractivity contribution in [3.8, 4) is 0 Å². The van der Waals surface area contributed by atoms with Crippen molar-refractivity contribution in [2.45, 2.75) is 38.6 Å². The second-order valence-corrected chi connectivity index (χ2v) is 6.43. The minimum atomic E-state index is -3.92. The molecular formula is C12H18N2O5S. The van der Waals surface area contributed by atoms with E-state index in [1.54, 1.807) is 13.8 Å². The predicted molar refractivity (Wildman–Crippen MR) is 74.2 cm³/mol. The fourth-order valence-electron chi connectivity index (χ4n) is 2.21. The molecule has 0 aliphatic heterocycles. The van der Waals surface area contributed by atoms with E-state index in [9.17, 15) is 18.5 Å². The minimum Gasteiger partial charge on any atom is -0.395 e. The summed E-state index contributed by atoms with van der Waals surface area (Å²) in [6.07, 6.45) is 0. The third-order valence-electron chi connectivity index (χ3n) is 2.94. The fraction of sp³-hybridized carbons (Fsp3) is 0.500. The number of rotatable bonds is 5. The molecule has 0 saturated heterocycles. The molecule has 1 rings (SSSR count).